The second-order valence-electron chi connectivity index (χ2n) is 7.53. The van der Waals surface area contributed by atoms with Gasteiger partial charge >= 0.3 is 0 Å². The van der Waals surface area contributed by atoms with E-state index >= 15 is 0 Å². The molecule has 2 fully saturated rings. The minimum atomic E-state index is -0.915. The lowest BCUT2D eigenvalue weighted by Crippen LogP contribution is -2.23. The number of carbonyl (C=O) groups is 2. The number of nitrogens with one attached hydrogen (secondary N) is 1. The summed E-state index contributed by atoms with van der Waals surface area (Å²) in [5.74, 6) is -1.83. The molecule has 1 saturated carbocycles. The molecule has 9 heteroatoms. The lowest BCUT2D eigenvalue weighted by Gasteiger charge is -2.15. The van der Waals surface area contributed by atoms with Crippen LogP contribution in [0.2, 0.25) is 0 Å². The number of benzene rings is 2. The summed E-state index contributed by atoms with van der Waals surface area (Å²) in [5, 5.41) is 11.4. The van der Waals surface area contributed by atoms with Gasteiger partial charge in [0.2, 0.25) is 12.3 Å². The number of nitrogens with zero attached hydrogens (tertiary/aromatic N) is 1. The van der Waals surface area contributed by atoms with Gasteiger partial charge < -0.3 is 21.1 Å². The Bertz CT molecular complexity index is 908. The molecule has 6 nitrogen and oxygen atoms in total. The number of hydrogen-bond donors (Lipinski definition) is 3. The SMILES string of the molecule is Nc1ccc(Br)cc1NC=O.O=C1CCCN1c1ccc(F)c(F)c1.OC1CCCCC1. The standard InChI is InChI=1S/C10H9F2NO.C7H7BrN2O.C6H12O/c11-8-4-3-7(6-9(8)12)13-5-1-2-10(13)14;8-5-1-2-6(9)7(3-5)10-4-11;7-6-4-2-1-3-5-6/h3-4,6H,1-2,5H2;1-4H,9H2,(H,10,11);6-7H,1-5H2. The molecule has 0 spiro atoms. The molecule has 0 unspecified atom stereocenters. The average molecular weight is 512 g/mol. The van der Waals surface area contributed by atoms with E-state index in [0.717, 1.165) is 35.9 Å². The molecular weight excluding hydrogens is 484 g/mol. The minimum absolute atomic E-state index is 0.0315. The first-order valence-electron chi connectivity index (χ1n) is 10.5. The zero-order chi connectivity index (χ0) is 23.5. The molecule has 2 aliphatic rings. The van der Waals surface area contributed by atoms with E-state index in [4.69, 9.17) is 10.8 Å². The fourth-order valence-electron chi connectivity index (χ4n) is 3.37. The second-order valence-corrected chi connectivity index (χ2v) is 8.45. The molecular formula is C23H28BrF2N3O3. The van der Waals surface area contributed by atoms with Crippen LogP contribution in [0.3, 0.4) is 0 Å². The second kappa shape index (κ2) is 13.1. The topological polar surface area (TPSA) is 95.7 Å². The molecule has 4 N–H and O–H groups in total. The number of rotatable bonds is 3. The summed E-state index contributed by atoms with van der Waals surface area (Å²) < 4.78 is 26.3. The maximum Gasteiger partial charge on any atom is 0.227 e. The smallest absolute Gasteiger partial charge is 0.227 e. The van der Waals surface area contributed by atoms with Crippen molar-refractivity contribution >= 4 is 45.3 Å². The zero-order valence-corrected chi connectivity index (χ0v) is 19.3. The highest BCUT2D eigenvalue weighted by molar-refractivity contribution is 9.10. The molecule has 2 amide bonds. The normalized spacial score (nSPS) is 15.9. The Labute approximate surface area is 194 Å². The Kier molecular flexibility index (Phi) is 10.6. The van der Waals surface area contributed by atoms with Crippen LogP contribution in [0, 0.1) is 11.6 Å². The maximum absolute atomic E-state index is 12.8. The van der Waals surface area contributed by atoms with Crippen LogP contribution in [0.4, 0.5) is 25.8 Å². The Morgan fingerprint density at radius 3 is 2.31 bits per heavy atom. The van der Waals surface area contributed by atoms with Crippen LogP contribution in [0.25, 0.3) is 0 Å². The first-order chi connectivity index (χ1) is 15.3. The average Bonchev–Trinajstić information content (AvgIpc) is 3.20. The van der Waals surface area contributed by atoms with Crippen LogP contribution in [-0.4, -0.2) is 30.1 Å². The van der Waals surface area contributed by atoms with E-state index in [1.807, 2.05) is 6.07 Å². The van der Waals surface area contributed by atoms with Gasteiger partial charge in [-0.15, -0.1) is 0 Å². The quantitative estimate of drug-likeness (QED) is 0.399. The molecule has 1 heterocycles. The number of amides is 2. The van der Waals surface area contributed by atoms with Crippen LogP contribution in [-0.2, 0) is 9.59 Å². The van der Waals surface area contributed by atoms with Crippen molar-refractivity contribution < 1.29 is 23.5 Å². The van der Waals surface area contributed by atoms with Crippen LogP contribution in [0.5, 0.6) is 0 Å². The molecule has 0 atom stereocenters. The van der Waals surface area contributed by atoms with Crippen molar-refractivity contribution in [2.24, 2.45) is 0 Å². The minimum Gasteiger partial charge on any atom is -0.397 e. The van der Waals surface area contributed by atoms with Gasteiger partial charge in [0.1, 0.15) is 0 Å². The number of nitrogens with two attached hydrogens (primary N) is 1. The Balaban J connectivity index is 0.000000180. The number of anilines is 3. The van der Waals surface area contributed by atoms with Crippen LogP contribution < -0.4 is 16.0 Å². The maximum atomic E-state index is 12.8. The third-order valence-electron chi connectivity index (χ3n) is 5.09. The van der Waals surface area contributed by atoms with Crippen molar-refractivity contribution in [1.82, 2.24) is 0 Å². The summed E-state index contributed by atoms with van der Waals surface area (Å²) in [5.41, 5.74) is 7.15. The Morgan fingerprint density at radius 2 is 1.78 bits per heavy atom. The predicted molar refractivity (Wildman–Crippen MR) is 125 cm³/mol. The largest absolute Gasteiger partial charge is 0.397 e. The first-order valence-corrected chi connectivity index (χ1v) is 11.3. The highest BCUT2D eigenvalue weighted by Crippen LogP contribution is 2.23. The molecule has 2 aromatic carbocycles. The molecule has 174 valence electrons. The highest BCUT2D eigenvalue weighted by atomic mass is 79.9. The van der Waals surface area contributed by atoms with Crippen molar-refractivity contribution in [1.29, 1.82) is 0 Å². The van der Waals surface area contributed by atoms with E-state index in [-0.39, 0.29) is 12.0 Å². The van der Waals surface area contributed by atoms with Crippen molar-refractivity contribution in [2.75, 3.05) is 22.5 Å². The van der Waals surface area contributed by atoms with Gasteiger partial charge in [-0.25, -0.2) is 8.78 Å². The number of aliphatic hydroxyl groups excluding tert-OH is 1. The van der Waals surface area contributed by atoms with E-state index < -0.39 is 11.6 Å². The van der Waals surface area contributed by atoms with Crippen LogP contribution in [0.1, 0.15) is 44.9 Å². The third kappa shape index (κ3) is 8.20. The third-order valence-corrected chi connectivity index (χ3v) is 5.59. The van der Waals surface area contributed by atoms with Gasteiger partial charge in [0.05, 0.1) is 17.5 Å². The summed E-state index contributed by atoms with van der Waals surface area (Å²) in [4.78, 5) is 22.8. The van der Waals surface area contributed by atoms with Crippen LogP contribution in [0.15, 0.2) is 40.9 Å². The Morgan fingerprint density at radius 1 is 1.06 bits per heavy atom. The van der Waals surface area contributed by atoms with E-state index in [2.05, 4.69) is 21.2 Å². The number of aliphatic hydroxyl groups is 1. The van der Waals surface area contributed by atoms with E-state index in [1.165, 1.54) is 30.2 Å². The molecule has 0 bridgehead atoms. The van der Waals surface area contributed by atoms with Gasteiger partial charge in [0.15, 0.2) is 11.6 Å². The summed E-state index contributed by atoms with van der Waals surface area (Å²) in [6, 6.07) is 8.78. The van der Waals surface area contributed by atoms with E-state index in [0.29, 0.717) is 36.4 Å². The summed E-state index contributed by atoms with van der Waals surface area (Å²) in [6.07, 6.45) is 7.78. The van der Waals surface area contributed by atoms with Gasteiger partial charge in [0.25, 0.3) is 0 Å². The fraction of sp³-hybridized carbons (Fsp3) is 0.391. The lowest BCUT2D eigenvalue weighted by atomic mass is 9.98. The molecule has 1 aliphatic heterocycles. The summed E-state index contributed by atoms with van der Waals surface area (Å²) in [6.45, 7) is 0.587. The molecule has 0 aromatic heterocycles. The first kappa shape index (κ1) is 25.7. The number of halogens is 3. The molecule has 32 heavy (non-hydrogen) atoms. The predicted octanol–water partition coefficient (Wildman–Crippen LogP) is 5.00. The highest BCUT2D eigenvalue weighted by Gasteiger charge is 2.22. The van der Waals surface area contributed by atoms with Crippen molar-refractivity contribution in [2.45, 2.75) is 51.0 Å². The lowest BCUT2D eigenvalue weighted by molar-refractivity contribution is -0.117. The summed E-state index contributed by atoms with van der Waals surface area (Å²) >= 11 is 3.25. The van der Waals surface area contributed by atoms with Crippen molar-refractivity contribution in [3.8, 4) is 0 Å². The number of hydrogen-bond acceptors (Lipinski definition) is 4. The van der Waals surface area contributed by atoms with Crippen molar-refractivity contribution in [3.63, 3.8) is 0 Å². The number of nitrogen functional groups attached to an aromatic ring is 1. The Hall–Kier alpha value is -2.52. The van der Waals surface area contributed by atoms with E-state index in [9.17, 15) is 18.4 Å². The van der Waals surface area contributed by atoms with Gasteiger partial charge in [0, 0.05) is 29.2 Å². The van der Waals surface area contributed by atoms with E-state index in [1.54, 1.807) is 12.1 Å². The number of carbonyl (C=O) groups excluding carboxylic acids is 2. The van der Waals surface area contributed by atoms with Crippen molar-refractivity contribution in [3.05, 3.63) is 52.5 Å². The fourth-order valence-corrected chi connectivity index (χ4v) is 3.73. The van der Waals surface area contributed by atoms with Crippen LogP contribution >= 0.6 is 15.9 Å². The molecule has 2 aromatic rings. The van der Waals surface area contributed by atoms with Gasteiger partial charge in [-0.1, -0.05) is 35.2 Å². The molecule has 0 radical (unpaired) electrons. The van der Waals surface area contributed by atoms with Gasteiger partial charge in [-0.3, -0.25) is 9.59 Å². The molecule has 1 aliphatic carbocycles. The summed E-state index contributed by atoms with van der Waals surface area (Å²) in [7, 11) is 0. The molecule has 1 saturated heterocycles. The zero-order valence-electron chi connectivity index (χ0n) is 17.7. The van der Waals surface area contributed by atoms with Gasteiger partial charge in [-0.2, -0.15) is 0 Å². The van der Waals surface area contributed by atoms with Gasteiger partial charge in [-0.05, 0) is 49.6 Å². The molecule has 4 rings (SSSR count). The monoisotopic (exact) mass is 511 g/mol.